The van der Waals surface area contributed by atoms with Gasteiger partial charge in [-0.2, -0.15) is 0 Å². The number of ether oxygens (including phenoxy) is 3. The summed E-state index contributed by atoms with van der Waals surface area (Å²) in [4.78, 5) is 22.8. The summed E-state index contributed by atoms with van der Waals surface area (Å²) in [5, 5.41) is 8.99. The molecular weight excluding hydrogens is 517 g/mol. The molecule has 0 radical (unpaired) electrons. The van der Waals surface area contributed by atoms with Crippen LogP contribution in [-0.4, -0.2) is 72.8 Å². The van der Waals surface area contributed by atoms with Crippen LogP contribution < -0.4 is 4.74 Å². The van der Waals surface area contributed by atoms with Crippen LogP contribution in [0.15, 0.2) is 42.9 Å². The minimum Gasteiger partial charge on any atom is -0.475 e. The molecule has 5 rings (SSSR count). The van der Waals surface area contributed by atoms with Gasteiger partial charge in [0.1, 0.15) is 35.5 Å². The number of halogens is 1. The molecule has 0 N–H and O–H groups in total. The smallest absolute Gasteiger partial charge is 0.410 e. The van der Waals surface area contributed by atoms with E-state index >= 15 is 0 Å². The molecule has 0 bridgehead atoms. The fourth-order valence-electron chi connectivity index (χ4n) is 4.83. The van der Waals surface area contributed by atoms with Crippen molar-refractivity contribution in [2.75, 3.05) is 26.8 Å². The molecule has 0 saturated carbocycles. The van der Waals surface area contributed by atoms with Crippen molar-refractivity contribution < 1.29 is 23.4 Å². The highest BCUT2D eigenvalue weighted by atomic mass is 19.1. The maximum Gasteiger partial charge on any atom is 0.410 e. The Hall–Kier alpha value is -4.06. The van der Waals surface area contributed by atoms with Gasteiger partial charge in [-0.3, -0.25) is 9.38 Å². The van der Waals surface area contributed by atoms with Gasteiger partial charge in [-0.25, -0.2) is 18.9 Å². The second-order valence-corrected chi connectivity index (χ2v) is 10.8. The Morgan fingerprint density at radius 3 is 2.62 bits per heavy atom. The molecule has 11 nitrogen and oxygen atoms in total. The number of carbonyl (C=O) groups is 1. The van der Waals surface area contributed by atoms with Gasteiger partial charge in [-0.05, 0) is 58.7 Å². The van der Waals surface area contributed by atoms with Crippen molar-refractivity contribution in [3.63, 3.8) is 0 Å². The van der Waals surface area contributed by atoms with Gasteiger partial charge < -0.3 is 19.1 Å². The number of amides is 1. The second-order valence-electron chi connectivity index (χ2n) is 10.8. The zero-order valence-electron chi connectivity index (χ0n) is 23.4. The van der Waals surface area contributed by atoms with Gasteiger partial charge in [-0.1, -0.05) is 5.21 Å². The van der Waals surface area contributed by atoms with Gasteiger partial charge in [0.15, 0.2) is 5.88 Å². The summed E-state index contributed by atoms with van der Waals surface area (Å²) in [6.07, 6.45) is 5.41. The standard InChI is InChI=1S/C28H34FN7O4/c1-18-26(32-33-36(18)21-8-11-34(12-9-21)27(37)40-28(2,3)4)19-14-24-30-10-13-35(24)25(15-19)39-17-23(38-5)22-7-6-20(29)16-31-22/h6-7,10,13-16,21,23H,8-9,11-12,17H2,1-5H3. The summed E-state index contributed by atoms with van der Waals surface area (Å²) in [5.41, 5.74) is 3.21. The van der Waals surface area contributed by atoms with Crippen molar-refractivity contribution in [2.24, 2.45) is 0 Å². The third-order valence-electron chi connectivity index (χ3n) is 6.88. The first-order valence-electron chi connectivity index (χ1n) is 13.3. The maximum absolute atomic E-state index is 13.3. The predicted molar refractivity (Wildman–Crippen MR) is 144 cm³/mol. The van der Waals surface area contributed by atoms with Crippen LogP contribution >= 0.6 is 0 Å². The number of carbonyl (C=O) groups excluding carboxylic acids is 1. The SMILES string of the molecule is COC(COc1cc(-c2nnn(C3CCN(C(=O)OC(C)(C)C)CC3)c2C)cc2nccn12)c1ccc(F)cn1. The topological polar surface area (TPSA) is 109 Å². The molecule has 4 aromatic heterocycles. The highest BCUT2D eigenvalue weighted by Crippen LogP contribution is 2.31. The largest absolute Gasteiger partial charge is 0.475 e. The van der Waals surface area contributed by atoms with E-state index in [0.29, 0.717) is 30.3 Å². The Morgan fingerprint density at radius 2 is 1.95 bits per heavy atom. The second kappa shape index (κ2) is 11.2. The zero-order valence-corrected chi connectivity index (χ0v) is 23.4. The minimum absolute atomic E-state index is 0.122. The molecule has 1 amide bonds. The summed E-state index contributed by atoms with van der Waals surface area (Å²) in [7, 11) is 1.56. The number of hydrogen-bond donors (Lipinski definition) is 0. The molecule has 12 heteroatoms. The number of imidazole rings is 1. The van der Waals surface area contributed by atoms with Crippen LogP contribution in [0.1, 0.15) is 57.1 Å². The summed E-state index contributed by atoms with van der Waals surface area (Å²) < 4.78 is 34.3. The Labute approximate surface area is 231 Å². The lowest BCUT2D eigenvalue weighted by Crippen LogP contribution is -2.42. The third-order valence-corrected chi connectivity index (χ3v) is 6.88. The number of pyridine rings is 2. The molecule has 1 fully saturated rings. The molecule has 0 aromatic carbocycles. The molecule has 1 unspecified atom stereocenters. The first-order valence-corrected chi connectivity index (χ1v) is 13.3. The molecule has 4 aromatic rings. The number of hydrogen-bond acceptors (Lipinski definition) is 8. The zero-order chi connectivity index (χ0) is 28.4. The summed E-state index contributed by atoms with van der Waals surface area (Å²) in [6, 6.07) is 6.88. The molecule has 40 heavy (non-hydrogen) atoms. The number of rotatable bonds is 7. The van der Waals surface area contributed by atoms with E-state index in [1.807, 2.05) is 55.1 Å². The highest BCUT2D eigenvalue weighted by Gasteiger charge is 2.29. The van der Waals surface area contributed by atoms with Crippen LogP contribution in [0.2, 0.25) is 0 Å². The molecular formula is C28H34FN7O4. The summed E-state index contributed by atoms with van der Waals surface area (Å²) in [5.74, 6) is 0.137. The Kier molecular flexibility index (Phi) is 7.70. The van der Waals surface area contributed by atoms with Crippen LogP contribution in [0.5, 0.6) is 5.88 Å². The highest BCUT2D eigenvalue weighted by molar-refractivity contribution is 5.69. The van der Waals surface area contributed by atoms with Crippen molar-refractivity contribution >= 4 is 11.7 Å². The van der Waals surface area contributed by atoms with Crippen molar-refractivity contribution in [3.05, 3.63) is 60.1 Å². The quantitative estimate of drug-likeness (QED) is 0.323. The average molecular weight is 552 g/mol. The molecule has 1 aliphatic heterocycles. The third kappa shape index (κ3) is 5.91. The molecule has 0 aliphatic carbocycles. The minimum atomic E-state index is -0.522. The van der Waals surface area contributed by atoms with Crippen molar-refractivity contribution in [1.29, 1.82) is 0 Å². The van der Waals surface area contributed by atoms with E-state index in [9.17, 15) is 9.18 Å². The first-order chi connectivity index (χ1) is 19.1. The van der Waals surface area contributed by atoms with Gasteiger partial charge in [-0.15, -0.1) is 5.10 Å². The number of methoxy groups -OCH3 is 1. The monoisotopic (exact) mass is 551 g/mol. The van der Waals surface area contributed by atoms with Crippen LogP contribution in [-0.2, 0) is 9.47 Å². The van der Waals surface area contributed by atoms with E-state index in [2.05, 4.69) is 20.3 Å². The van der Waals surface area contributed by atoms with E-state index in [4.69, 9.17) is 14.2 Å². The van der Waals surface area contributed by atoms with E-state index in [1.54, 1.807) is 24.3 Å². The average Bonchev–Trinajstić information content (AvgIpc) is 3.55. The lowest BCUT2D eigenvalue weighted by atomic mass is 10.0. The normalized spacial score (nSPS) is 15.4. The fourth-order valence-corrected chi connectivity index (χ4v) is 4.83. The van der Waals surface area contributed by atoms with Crippen molar-refractivity contribution in [1.82, 2.24) is 34.3 Å². The lowest BCUT2D eigenvalue weighted by molar-refractivity contribution is 0.0183. The Morgan fingerprint density at radius 1 is 1.18 bits per heavy atom. The molecule has 5 heterocycles. The molecule has 1 saturated heterocycles. The fraction of sp³-hybridized carbons (Fsp3) is 0.464. The van der Waals surface area contributed by atoms with Crippen LogP contribution in [0.4, 0.5) is 9.18 Å². The van der Waals surface area contributed by atoms with Crippen molar-refractivity contribution in [2.45, 2.75) is 58.3 Å². The van der Waals surface area contributed by atoms with Gasteiger partial charge >= 0.3 is 6.09 Å². The van der Waals surface area contributed by atoms with Gasteiger partial charge in [0.2, 0.25) is 0 Å². The Balaban J connectivity index is 1.33. The van der Waals surface area contributed by atoms with E-state index < -0.39 is 17.5 Å². The van der Waals surface area contributed by atoms with E-state index in [0.717, 1.165) is 36.0 Å². The number of nitrogens with zero attached hydrogens (tertiary/aromatic N) is 7. The molecule has 212 valence electrons. The maximum atomic E-state index is 13.3. The van der Waals surface area contributed by atoms with E-state index in [1.165, 1.54) is 6.07 Å². The van der Waals surface area contributed by atoms with Crippen molar-refractivity contribution in [3.8, 4) is 17.1 Å². The number of likely N-dealkylation sites (tertiary alicyclic amines) is 1. The first kappa shape index (κ1) is 27.5. The number of piperidine rings is 1. The van der Waals surface area contributed by atoms with E-state index in [-0.39, 0.29) is 18.7 Å². The molecule has 1 aliphatic rings. The van der Waals surface area contributed by atoms with Crippen LogP contribution in [0.3, 0.4) is 0 Å². The number of aromatic nitrogens is 6. The molecule has 1 atom stereocenters. The van der Waals surface area contributed by atoms with Gasteiger partial charge in [0.25, 0.3) is 0 Å². The van der Waals surface area contributed by atoms with Crippen LogP contribution in [0.25, 0.3) is 16.9 Å². The van der Waals surface area contributed by atoms with Gasteiger partial charge in [0.05, 0.1) is 23.6 Å². The lowest BCUT2D eigenvalue weighted by Gasteiger charge is -2.33. The number of fused-ring (bicyclic) bond motifs is 1. The summed E-state index contributed by atoms with van der Waals surface area (Å²) in [6.45, 7) is 8.95. The van der Waals surface area contributed by atoms with Gasteiger partial charge in [0, 0.05) is 44.2 Å². The predicted octanol–water partition coefficient (Wildman–Crippen LogP) is 4.77. The Bertz CT molecular complexity index is 1470. The molecule has 0 spiro atoms. The summed E-state index contributed by atoms with van der Waals surface area (Å²) >= 11 is 0. The van der Waals surface area contributed by atoms with Crippen LogP contribution in [0, 0.1) is 12.7 Å².